The zero-order chi connectivity index (χ0) is 14.8. The normalized spacial score (nSPS) is 9.90. The molecule has 1 rings (SSSR count). The summed E-state index contributed by atoms with van der Waals surface area (Å²) in [5.41, 5.74) is 1.30. The van der Waals surface area contributed by atoms with Crippen LogP contribution in [0.15, 0.2) is 24.3 Å². The molecule has 0 heterocycles. The van der Waals surface area contributed by atoms with Crippen LogP contribution < -0.4 is 16.0 Å². The van der Waals surface area contributed by atoms with E-state index in [1.54, 1.807) is 25.3 Å². The summed E-state index contributed by atoms with van der Waals surface area (Å²) in [6, 6.07) is 7.03. The van der Waals surface area contributed by atoms with Gasteiger partial charge in [0.15, 0.2) is 0 Å². The van der Waals surface area contributed by atoms with Crippen molar-refractivity contribution >= 4 is 17.5 Å². The van der Waals surface area contributed by atoms with Gasteiger partial charge in [-0.15, -0.1) is 0 Å². The second-order valence-corrected chi connectivity index (χ2v) is 4.14. The van der Waals surface area contributed by atoms with Crippen molar-refractivity contribution in [2.24, 2.45) is 0 Å². The summed E-state index contributed by atoms with van der Waals surface area (Å²) in [7, 11) is 1.58. The van der Waals surface area contributed by atoms with E-state index >= 15 is 0 Å². The van der Waals surface area contributed by atoms with Gasteiger partial charge in [-0.2, -0.15) is 0 Å². The molecule has 0 radical (unpaired) electrons. The second kappa shape index (κ2) is 8.92. The number of rotatable bonds is 8. The predicted octanol–water partition coefficient (Wildman–Crippen LogP) is 0.611. The van der Waals surface area contributed by atoms with Gasteiger partial charge < -0.3 is 20.7 Å². The van der Waals surface area contributed by atoms with Crippen LogP contribution in [0.2, 0.25) is 0 Å². The van der Waals surface area contributed by atoms with E-state index in [1.807, 2.05) is 13.0 Å². The first-order valence-electron chi connectivity index (χ1n) is 6.55. The van der Waals surface area contributed by atoms with Crippen LogP contribution in [0.25, 0.3) is 0 Å². The molecule has 20 heavy (non-hydrogen) atoms. The SMILES string of the molecule is CCNC(=O)c1cccc(NCC(=O)NCCOC)c1. The van der Waals surface area contributed by atoms with Crippen molar-refractivity contribution in [2.75, 3.05) is 38.7 Å². The van der Waals surface area contributed by atoms with E-state index in [4.69, 9.17) is 4.74 Å². The maximum Gasteiger partial charge on any atom is 0.251 e. The molecule has 6 heteroatoms. The zero-order valence-electron chi connectivity index (χ0n) is 11.9. The number of carbonyl (C=O) groups excluding carboxylic acids is 2. The standard InChI is InChI=1S/C14H21N3O3/c1-3-15-14(19)11-5-4-6-12(9-11)17-10-13(18)16-7-8-20-2/h4-6,9,17H,3,7-8,10H2,1-2H3,(H,15,19)(H,16,18). The van der Waals surface area contributed by atoms with Crippen LogP contribution in [-0.4, -0.2) is 45.2 Å². The molecule has 1 aromatic carbocycles. The van der Waals surface area contributed by atoms with Crippen molar-refractivity contribution in [1.29, 1.82) is 0 Å². The fraction of sp³-hybridized carbons (Fsp3) is 0.429. The number of hydrogen-bond donors (Lipinski definition) is 3. The quantitative estimate of drug-likeness (QED) is 0.609. The number of nitrogens with one attached hydrogen (secondary N) is 3. The summed E-state index contributed by atoms with van der Waals surface area (Å²) in [6.45, 7) is 3.57. The van der Waals surface area contributed by atoms with Crippen LogP contribution in [0.3, 0.4) is 0 Å². The lowest BCUT2D eigenvalue weighted by molar-refractivity contribution is -0.119. The molecule has 0 bridgehead atoms. The number of ether oxygens (including phenoxy) is 1. The van der Waals surface area contributed by atoms with Crippen molar-refractivity contribution in [3.8, 4) is 0 Å². The van der Waals surface area contributed by atoms with Gasteiger partial charge in [0.05, 0.1) is 13.2 Å². The zero-order valence-corrected chi connectivity index (χ0v) is 11.9. The molecular weight excluding hydrogens is 258 g/mol. The monoisotopic (exact) mass is 279 g/mol. The number of amides is 2. The maximum absolute atomic E-state index is 11.7. The Morgan fingerprint density at radius 1 is 1.25 bits per heavy atom. The van der Waals surface area contributed by atoms with E-state index in [0.717, 1.165) is 5.69 Å². The van der Waals surface area contributed by atoms with E-state index in [1.165, 1.54) is 0 Å². The Morgan fingerprint density at radius 3 is 2.75 bits per heavy atom. The first-order chi connectivity index (χ1) is 9.67. The lowest BCUT2D eigenvalue weighted by Gasteiger charge is -2.09. The maximum atomic E-state index is 11.7. The molecule has 6 nitrogen and oxygen atoms in total. The van der Waals surface area contributed by atoms with E-state index in [2.05, 4.69) is 16.0 Å². The largest absolute Gasteiger partial charge is 0.383 e. The Bertz CT molecular complexity index is 449. The molecule has 0 unspecified atom stereocenters. The van der Waals surface area contributed by atoms with Gasteiger partial charge in [-0.3, -0.25) is 9.59 Å². The third-order valence-electron chi connectivity index (χ3n) is 2.54. The topological polar surface area (TPSA) is 79.5 Å². The minimum absolute atomic E-state index is 0.120. The van der Waals surface area contributed by atoms with Crippen LogP contribution >= 0.6 is 0 Å². The van der Waals surface area contributed by atoms with Crippen molar-refractivity contribution < 1.29 is 14.3 Å². The number of anilines is 1. The van der Waals surface area contributed by atoms with Gasteiger partial charge in [-0.05, 0) is 25.1 Å². The van der Waals surface area contributed by atoms with Crippen molar-refractivity contribution in [2.45, 2.75) is 6.92 Å². The molecule has 0 saturated heterocycles. The van der Waals surface area contributed by atoms with Crippen LogP contribution in [0, 0.1) is 0 Å². The Kier molecular flexibility index (Phi) is 7.13. The smallest absolute Gasteiger partial charge is 0.251 e. The summed E-state index contributed by atoms with van der Waals surface area (Å²) < 4.78 is 4.84. The van der Waals surface area contributed by atoms with Gasteiger partial charge in [0.2, 0.25) is 5.91 Å². The summed E-state index contributed by atoms with van der Waals surface area (Å²) in [5.74, 6) is -0.244. The van der Waals surface area contributed by atoms with E-state index in [9.17, 15) is 9.59 Å². The average molecular weight is 279 g/mol. The molecule has 0 atom stereocenters. The Balaban J connectivity index is 2.46. The molecule has 2 amide bonds. The molecule has 0 aliphatic heterocycles. The van der Waals surface area contributed by atoms with Crippen molar-refractivity contribution in [1.82, 2.24) is 10.6 Å². The first-order valence-corrected chi connectivity index (χ1v) is 6.55. The Labute approximate surface area is 118 Å². The van der Waals surface area contributed by atoms with Gasteiger partial charge in [-0.25, -0.2) is 0 Å². The molecule has 0 aliphatic carbocycles. The summed E-state index contributed by atoms with van der Waals surface area (Å²) in [4.78, 5) is 23.2. The van der Waals surface area contributed by atoms with Gasteiger partial charge in [0.1, 0.15) is 0 Å². The van der Waals surface area contributed by atoms with Crippen LogP contribution in [0.5, 0.6) is 0 Å². The number of carbonyl (C=O) groups is 2. The predicted molar refractivity (Wildman–Crippen MR) is 77.8 cm³/mol. The summed E-state index contributed by atoms with van der Waals surface area (Å²) in [5, 5.41) is 8.41. The van der Waals surface area contributed by atoms with E-state index < -0.39 is 0 Å². The molecule has 0 aliphatic rings. The average Bonchev–Trinajstić information content (AvgIpc) is 2.46. The number of methoxy groups -OCH3 is 1. The highest BCUT2D eigenvalue weighted by atomic mass is 16.5. The number of hydrogen-bond acceptors (Lipinski definition) is 4. The third kappa shape index (κ3) is 5.71. The minimum atomic E-state index is -0.124. The minimum Gasteiger partial charge on any atom is -0.383 e. The Hall–Kier alpha value is -2.08. The summed E-state index contributed by atoms with van der Waals surface area (Å²) in [6.07, 6.45) is 0. The lowest BCUT2D eigenvalue weighted by Crippen LogP contribution is -2.32. The Morgan fingerprint density at radius 2 is 2.05 bits per heavy atom. The number of benzene rings is 1. The molecule has 0 spiro atoms. The molecule has 0 saturated carbocycles. The highest BCUT2D eigenvalue weighted by Crippen LogP contribution is 2.10. The highest BCUT2D eigenvalue weighted by molar-refractivity contribution is 5.95. The molecule has 1 aromatic rings. The highest BCUT2D eigenvalue weighted by Gasteiger charge is 2.05. The molecule has 3 N–H and O–H groups in total. The van der Waals surface area contributed by atoms with Crippen molar-refractivity contribution in [3.63, 3.8) is 0 Å². The third-order valence-corrected chi connectivity index (χ3v) is 2.54. The lowest BCUT2D eigenvalue weighted by atomic mass is 10.2. The van der Waals surface area contributed by atoms with Gasteiger partial charge in [-0.1, -0.05) is 6.07 Å². The van der Waals surface area contributed by atoms with Crippen LogP contribution in [-0.2, 0) is 9.53 Å². The van der Waals surface area contributed by atoms with E-state index in [0.29, 0.717) is 25.3 Å². The van der Waals surface area contributed by atoms with Gasteiger partial charge >= 0.3 is 0 Å². The summed E-state index contributed by atoms with van der Waals surface area (Å²) >= 11 is 0. The fourth-order valence-electron chi connectivity index (χ4n) is 1.57. The molecular formula is C14H21N3O3. The van der Waals surface area contributed by atoms with Gasteiger partial charge in [0, 0.05) is 31.5 Å². The molecule has 0 fully saturated rings. The fourth-order valence-corrected chi connectivity index (χ4v) is 1.57. The first kappa shape index (κ1) is 16.0. The second-order valence-electron chi connectivity index (χ2n) is 4.14. The molecule has 0 aromatic heterocycles. The molecule has 110 valence electrons. The van der Waals surface area contributed by atoms with Crippen molar-refractivity contribution in [3.05, 3.63) is 29.8 Å². The van der Waals surface area contributed by atoms with Crippen LogP contribution in [0.1, 0.15) is 17.3 Å². The van der Waals surface area contributed by atoms with Crippen LogP contribution in [0.4, 0.5) is 5.69 Å². The van der Waals surface area contributed by atoms with Gasteiger partial charge in [0.25, 0.3) is 5.91 Å². The van der Waals surface area contributed by atoms with E-state index in [-0.39, 0.29) is 18.4 Å².